The highest BCUT2D eigenvalue weighted by molar-refractivity contribution is 5.82. The zero-order valence-corrected chi connectivity index (χ0v) is 9.78. The van der Waals surface area contributed by atoms with Crippen LogP contribution in [-0.2, 0) is 0 Å². The Kier molecular flexibility index (Phi) is 2.14. The van der Waals surface area contributed by atoms with E-state index in [1.807, 2.05) is 13.8 Å². The standard InChI is InChI=1S/C12H13N3O2/c1-6-9(5-16)7(2)13-10(6)12-15-14-11(17-12)8-3-4-8/h5,8,13H,3-4H2,1-2H3. The average Bonchev–Trinajstić information content (AvgIpc) is 2.98. The van der Waals surface area contributed by atoms with Crippen LogP contribution in [-0.4, -0.2) is 21.5 Å². The van der Waals surface area contributed by atoms with Crippen LogP contribution in [0.2, 0.25) is 0 Å². The summed E-state index contributed by atoms with van der Waals surface area (Å²) < 4.78 is 5.62. The predicted octanol–water partition coefficient (Wildman–Crippen LogP) is 2.37. The first-order valence-electron chi connectivity index (χ1n) is 5.69. The molecule has 2 aromatic rings. The summed E-state index contributed by atoms with van der Waals surface area (Å²) in [6.45, 7) is 3.74. The van der Waals surface area contributed by atoms with E-state index < -0.39 is 0 Å². The number of H-pyrrole nitrogens is 1. The molecule has 0 saturated heterocycles. The molecule has 0 bridgehead atoms. The van der Waals surface area contributed by atoms with Crippen LogP contribution in [0, 0.1) is 13.8 Å². The van der Waals surface area contributed by atoms with Gasteiger partial charge < -0.3 is 9.40 Å². The van der Waals surface area contributed by atoms with Gasteiger partial charge in [-0.25, -0.2) is 0 Å². The molecule has 3 rings (SSSR count). The van der Waals surface area contributed by atoms with E-state index in [9.17, 15) is 4.79 Å². The van der Waals surface area contributed by atoms with Crippen molar-refractivity contribution in [1.29, 1.82) is 0 Å². The van der Waals surface area contributed by atoms with Crippen LogP contribution in [0.15, 0.2) is 4.42 Å². The molecule has 0 atom stereocenters. The van der Waals surface area contributed by atoms with E-state index >= 15 is 0 Å². The van der Waals surface area contributed by atoms with E-state index in [2.05, 4.69) is 15.2 Å². The summed E-state index contributed by atoms with van der Waals surface area (Å²) >= 11 is 0. The average molecular weight is 231 g/mol. The fourth-order valence-electron chi connectivity index (χ4n) is 1.99. The van der Waals surface area contributed by atoms with Gasteiger partial charge in [0, 0.05) is 17.2 Å². The van der Waals surface area contributed by atoms with Gasteiger partial charge in [-0.15, -0.1) is 10.2 Å². The Morgan fingerprint density at radius 2 is 2.12 bits per heavy atom. The van der Waals surface area contributed by atoms with E-state index in [4.69, 9.17) is 4.42 Å². The topological polar surface area (TPSA) is 71.8 Å². The molecule has 0 aliphatic heterocycles. The van der Waals surface area contributed by atoms with Gasteiger partial charge in [0.1, 0.15) is 5.69 Å². The van der Waals surface area contributed by atoms with Gasteiger partial charge in [0.2, 0.25) is 5.89 Å². The number of rotatable bonds is 3. The molecule has 1 N–H and O–H groups in total. The van der Waals surface area contributed by atoms with Crippen molar-refractivity contribution in [3.05, 3.63) is 22.7 Å². The molecule has 5 heteroatoms. The lowest BCUT2D eigenvalue weighted by Crippen LogP contribution is -1.83. The quantitative estimate of drug-likeness (QED) is 0.823. The van der Waals surface area contributed by atoms with Crippen LogP contribution in [0.3, 0.4) is 0 Å². The summed E-state index contributed by atoms with van der Waals surface area (Å²) in [5, 5.41) is 8.07. The molecule has 17 heavy (non-hydrogen) atoms. The number of hydrogen-bond acceptors (Lipinski definition) is 4. The maximum absolute atomic E-state index is 10.9. The van der Waals surface area contributed by atoms with Crippen molar-refractivity contribution in [2.75, 3.05) is 0 Å². The van der Waals surface area contributed by atoms with Gasteiger partial charge in [0.05, 0.1) is 0 Å². The molecule has 1 fully saturated rings. The first-order valence-corrected chi connectivity index (χ1v) is 5.69. The normalized spacial score (nSPS) is 15.2. The van der Waals surface area contributed by atoms with Gasteiger partial charge in [-0.3, -0.25) is 4.79 Å². The van der Waals surface area contributed by atoms with Crippen LogP contribution < -0.4 is 0 Å². The lowest BCUT2D eigenvalue weighted by atomic mass is 10.1. The Bertz CT molecular complexity index is 579. The maximum atomic E-state index is 10.9. The summed E-state index contributed by atoms with van der Waals surface area (Å²) in [7, 11) is 0. The summed E-state index contributed by atoms with van der Waals surface area (Å²) in [4.78, 5) is 14.1. The maximum Gasteiger partial charge on any atom is 0.264 e. The Balaban J connectivity index is 2.04. The third-order valence-electron chi connectivity index (χ3n) is 3.19. The van der Waals surface area contributed by atoms with E-state index in [0.29, 0.717) is 23.3 Å². The number of aldehydes is 1. The molecular formula is C12H13N3O2. The van der Waals surface area contributed by atoms with Gasteiger partial charge in [-0.05, 0) is 32.3 Å². The molecule has 5 nitrogen and oxygen atoms in total. The van der Waals surface area contributed by atoms with Crippen molar-refractivity contribution < 1.29 is 9.21 Å². The number of aryl methyl sites for hydroxylation is 1. The molecule has 0 aromatic carbocycles. The Hall–Kier alpha value is -1.91. The zero-order chi connectivity index (χ0) is 12.0. The number of aromatic nitrogens is 3. The lowest BCUT2D eigenvalue weighted by molar-refractivity contribution is 0.112. The smallest absolute Gasteiger partial charge is 0.264 e. The summed E-state index contributed by atoms with van der Waals surface area (Å²) in [5.74, 6) is 1.62. The van der Waals surface area contributed by atoms with Crippen LogP contribution in [0.25, 0.3) is 11.6 Å². The predicted molar refractivity (Wildman–Crippen MR) is 60.9 cm³/mol. The summed E-state index contributed by atoms with van der Waals surface area (Å²) in [5.41, 5.74) is 3.12. The molecule has 1 aliphatic carbocycles. The van der Waals surface area contributed by atoms with Crippen LogP contribution in [0.1, 0.15) is 46.3 Å². The number of carbonyl (C=O) groups excluding carboxylic acids is 1. The Morgan fingerprint density at radius 1 is 1.35 bits per heavy atom. The van der Waals surface area contributed by atoms with Gasteiger partial charge in [-0.1, -0.05) is 0 Å². The summed E-state index contributed by atoms with van der Waals surface area (Å²) in [6.07, 6.45) is 3.11. The van der Waals surface area contributed by atoms with Gasteiger partial charge in [0.25, 0.3) is 5.89 Å². The van der Waals surface area contributed by atoms with Crippen LogP contribution in [0.4, 0.5) is 0 Å². The molecule has 0 amide bonds. The van der Waals surface area contributed by atoms with Crippen molar-refractivity contribution >= 4 is 6.29 Å². The fraction of sp³-hybridized carbons (Fsp3) is 0.417. The van der Waals surface area contributed by atoms with Gasteiger partial charge in [0.15, 0.2) is 6.29 Å². The zero-order valence-electron chi connectivity index (χ0n) is 9.78. The highest BCUT2D eigenvalue weighted by Crippen LogP contribution is 2.40. The largest absolute Gasteiger partial charge is 0.419 e. The minimum Gasteiger partial charge on any atom is -0.419 e. The molecule has 2 aromatic heterocycles. The third kappa shape index (κ3) is 1.58. The lowest BCUT2D eigenvalue weighted by Gasteiger charge is -1.92. The molecule has 88 valence electrons. The molecule has 0 unspecified atom stereocenters. The molecular weight excluding hydrogens is 218 g/mol. The molecule has 2 heterocycles. The Morgan fingerprint density at radius 3 is 2.71 bits per heavy atom. The van der Waals surface area contributed by atoms with Gasteiger partial charge in [-0.2, -0.15) is 0 Å². The van der Waals surface area contributed by atoms with E-state index in [0.717, 1.165) is 36.1 Å². The Labute approximate surface area is 98.2 Å². The minimum absolute atomic E-state index is 0.443. The molecule has 1 aliphatic rings. The van der Waals surface area contributed by atoms with Crippen LogP contribution >= 0.6 is 0 Å². The number of carbonyl (C=O) groups is 1. The second-order valence-electron chi connectivity index (χ2n) is 4.50. The van der Waals surface area contributed by atoms with Gasteiger partial charge >= 0.3 is 0 Å². The minimum atomic E-state index is 0.443. The van der Waals surface area contributed by atoms with Crippen molar-refractivity contribution in [3.63, 3.8) is 0 Å². The second-order valence-corrected chi connectivity index (χ2v) is 4.50. The fourth-order valence-corrected chi connectivity index (χ4v) is 1.99. The first kappa shape index (κ1) is 10.3. The third-order valence-corrected chi connectivity index (χ3v) is 3.19. The molecule has 1 saturated carbocycles. The van der Waals surface area contributed by atoms with E-state index in [-0.39, 0.29) is 0 Å². The first-order chi connectivity index (χ1) is 8.20. The SMILES string of the molecule is Cc1[nH]c(-c2nnc(C3CC3)o2)c(C)c1C=O. The number of hydrogen-bond donors (Lipinski definition) is 1. The number of nitrogens with zero attached hydrogens (tertiary/aromatic N) is 2. The van der Waals surface area contributed by atoms with Crippen molar-refractivity contribution in [2.24, 2.45) is 0 Å². The van der Waals surface area contributed by atoms with Crippen molar-refractivity contribution in [2.45, 2.75) is 32.6 Å². The second kappa shape index (κ2) is 3.55. The molecule has 0 spiro atoms. The monoisotopic (exact) mass is 231 g/mol. The van der Waals surface area contributed by atoms with Crippen molar-refractivity contribution in [3.8, 4) is 11.6 Å². The number of nitrogens with one attached hydrogen (secondary N) is 1. The highest BCUT2D eigenvalue weighted by Gasteiger charge is 2.30. The van der Waals surface area contributed by atoms with E-state index in [1.54, 1.807) is 0 Å². The molecule has 0 radical (unpaired) electrons. The summed E-state index contributed by atoms with van der Waals surface area (Å²) in [6, 6.07) is 0. The van der Waals surface area contributed by atoms with Crippen molar-refractivity contribution in [1.82, 2.24) is 15.2 Å². The number of aromatic amines is 1. The van der Waals surface area contributed by atoms with E-state index in [1.165, 1.54) is 0 Å². The van der Waals surface area contributed by atoms with Crippen LogP contribution in [0.5, 0.6) is 0 Å². The highest BCUT2D eigenvalue weighted by atomic mass is 16.4.